The van der Waals surface area contributed by atoms with Crippen LogP contribution in [0.5, 0.6) is 0 Å². The van der Waals surface area contributed by atoms with Gasteiger partial charge in [0.2, 0.25) is 10.0 Å². The Balaban J connectivity index is 1.72. The zero-order valence-corrected chi connectivity index (χ0v) is 16.3. The zero-order valence-electron chi connectivity index (χ0n) is 14.8. The molecule has 2 aromatic rings. The summed E-state index contributed by atoms with van der Waals surface area (Å²) in [7, 11) is -1.48. The van der Waals surface area contributed by atoms with Crippen molar-refractivity contribution in [1.82, 2.24) is 9.21 Å². The smallest absolute Gasteiger partial charge is 0.243 e. The largest absolute Gasteiger partial charge is 0.379 e. The van der Waals surface area contributed by atoms with E-state index in [4.69, 9.17) is 16.3 Å². The maximum Gasteiger partial charge on any atom is 0.243 e. The van der Waals surface area contributed by atoms with Crippen molar-refractivity contribution in [2.45, 2.75) is 18.0 Å². The topological polar surface area (TPSA) is 49.9 Å². The third-order valence-electron chi connectivity index (χ3n) is 4.36. The SMILES string of the molecule is CN(Cc1cccc(S(=O)(=O)N2CCOCC2)c1)Cc1ccccc1Cl. The molecule has 1 fully saturated rings. The molecule has 0 spiro atoms. The summed E-state index contributed by atoms with van der Waals surface area (Å²) in [6, 6.07) is 14.9. The number of sulfonamides is 1. The van der Waals surface area contributed by atoms with Crippen molar-refractivity contribution in [3.63, 3.8) is 0 Å². The first-order chi connectivity index (χ1) is 12.5. The summed E-state index contributed by atoms with van der Waals surface area (Å²) >= 11 is 6.22. The molecule has 2 aromatic carbocycles. The lowest BCUT2D eigenvalue weighted by Crippen LogP contribution is -2.40. The summed E-state index contributed by atoms with van der Waals surface area (Å²) in [4.78, 5) is 2.45. The fraction of sp³-hybridized carbons (Fsp3) is 0.368. The van der Waals surface area contributed by atoms with E-state index in [1.54, 1.807) is 18.2 Å². The standard InChI is InChI=1S/C19H23ClN2O3S/c1-21(15-17-6-2-3-8-19(17)20)14-16-5-4-7-18(13-16)26(23,24)22-9-11-25-12-10-22/h2-8,13H,9-12,14-15H2,1H3. The van der Waals surface area contributed by atoms with Gasteiger partial charge in [-0.15, -0.1) is 0 Å². The van der Waals surface area contributed by atoms with Crippen molar-refractivity contribution >= 4 is 21.6 Å². The first kappa shape index (κ1) is 19.3. The molecule has 0 unspecified atom stereocenters. The van der Waals surface area contributed by atoms with Gasteiger partial charge >= 0.3 is 0 Å². The molecule has 3 rings (SSSR count). The minimum Gasteiger partial charge on any atom is -0.379 e. The van der Waals surface area contributed by atoms with Gasteiger partial charge in [-0.05, 0) is 36.4 Å². The molecule has 0 bridgehead atoms. The van der Waals surface area contributed by atoms with Crippen LogP contribution in [0.3, 0.4) is 0 Å². The van der Waals surface area contributed by atoms with Crippen LogP contribution in [0.1, 0.15) is 11.1 Å². The number of rotatable bonds is 6. The van der Waals surface area contributed by atoms with Gasteiger partial charge in [0.1, 0.15) is 0 Å². The molecule has 0 N–H and O–H groups in total. The molecule has 0 atom stereocenters. The molecule has 7 heteroatoms. The Bertz CT molecular complexity index is 851. The Hall–Kier alpha value is -1.44. The lowest BCUT2D eigenvalue weighted by atomic mass is 10.2. The van der Waals surface area contributed by atoms with E-state index in [9.17, 15) is 8.42 Å². The highest BCUT2D eigenvalue weighted by Gasteiger charge is 2.26. The highest BCUT2D eigenvalue weighted by atomic mass is 35.5. The Morgan fingerprint density at radius 1 is 1.08 bits per heavy atom. The van der Waals surface area contributed by atoms with Crippen molar-refractivity contribution in [3.8, 4) is 0 Å². The van der Waals surface area contributed by atoms with E-state index in [2.05, 4.69) is 4.90 Å². The first-order valence-corrected chi connectivity index (χ1v) is 10.4. The van der Waals surface area contributed by atoms with Crippen LogP contribution in [0, 0.1) is 0 Å². The molecule has 1 aliphatic heterocycles. The molecular weight excluding hydrogens is 372 g/mol. The Labute approximate surface area is 160 Å². The Morgan fingerprint density at radius 2 is 1.81 bits per heavy atom. The minimum atomic E-state index is -3.47. The fourth-order valence-corrected chi connectivity index (χ4v) is 4.70. The molecule has 26 heavy (non-hydrogen) atoms. The van der Waals surface area contributed by atoms with Gasteiger partial charge in [0, 0.05) is 31.2 Å². The van der Waals surface area contributed by atoms with Crippen LogP contribution in [0.15, 0.2) is 53.4 Å². The van der Waals surface area contributed by atoms with Crippen LogP contribution in [-0.4, -0.2) is 51.0 Å². The van der Waals surface area contributed by atoms with Crippen LogP contribution in [-0.2, 0) is 27.8 Å². The molecule has 0 aliphatic carbocycles. The number of morpholine rings is 1. The summed E-state index contributed by atoms with van der Waals surface area (Å²) in [5.74, 6) is 0. The lowest BCUT2D eigenvalue weighted by Gasteiger charge is -2.26. The Kier molecular flexibility index (Phi) is 6.32. The van der Waals surface area contributed by atoms with Crippen molar-refractivity contribution in [2.24, 2.45) is 0 Å². The molecule has 0 saturated carbocycles. The maximum absolute atomic E-state index is 12.8. The van der Waals surface area contributed by atoms with Crippen molar-refractivity contribution < 1.29 is 13.2 Å². The van der Waals surface area contributed by atoms with Crippen LogP contribution >= 0.6 is 11.6 Å². The predicted octanol–water partition coefficient (Wildman–Crippen LogP) is 2.99. The van der Waals surface area contributed by atoms with Crippen LogP contribution in [0.2, 0.25) is 5.02 Å². The van der Waals surface area contributed by atoms with Gasteiger partial charge < -0.3 is 4.74 Å². The van der Waals surface area contributed by atoms with Gasteiger partial charge in [-0.1, -0.05) is 41.9 Å². The molecule has 0 aromatic heterocycles. The molecule has 1 heterocycles. The lowest BCUT2D eigenvalue weighted by molar-refractivity contribution is 0.0730. The minimum absolute atomic E-state index is 0.336. The summed E-state index contributed by atoms with van der Waals surface area (Å²) in [6.07, 6.45) is 0. The molecule has 0 amide bonds. The van der Waals surface area contributed by atoms with E-state index in [1.807, 2.05) is 37.4 Å². The number of ether oxygens (including phenoxy) is 1. The fourth-order valence-electron chi connectivity index (χ4n) is 3.03. The Morgan fingerprint density at radius 3 is 2.54 bits per heavy atom. The van der Waals surface area contributed by atoms with Gasteiger partial charge in [-0.25, -0.2) is 8.42 Å². The first-order valence-electron chi connectivity index (χ1n) is 8.55. The van der Waals surface area contributed by atoms with E-state index >= 15 is 0 Å². The number of halogens is 1. The zero-order chi connectivity index (χ0) is 18.6. The van der Waals surface area contributed by atoms with Crippen LogP contribution in [0.4, 0.5) is 0 Å². The third kappa shape index (κ3) is 4.64. The number of nitrogens with zero attached hydrogens (tertiary/aromatic N) is 2. The van der Waals surface area contributed by atoms with Crippen molar-refractivity contribution in [3.05, 3.63) is 64.7 Å². The van der Waals surface area contributed by atoms with E-state index in [-0.39, 0.29) is 0 Å². The van der Waals surface area contributed by atoms with E-state index in [0.29, 0.717) is 44.3 Å². The van der Waals surface area contributed by atoms with Crippen molar-refractivity contribution in [1.29, 1.82) is 0 Å². The maximum atomic E-state index is 12.8. The van der Waals surface area contributed by atoms with E-state index < -0.39 is 10.0 Å². The predicted molar refractivity (Wildman–Crippen MR) is 103 cm³/mol. The third-order valence-corrected chi connectivity index (χ3v) is 6.62. The normalized spacial score (nSPS) is 16.1. The van der Waals surface area contributed by atoms with Crippen LogP contribution in [0.25, 0.3) is 0 Å². The van der Waals surface area contributed by atoms with Gasteiger partial charge in [0.05, 0.1) is 18.1 Å². The molecule has 1 aliphatic rings. The second-order valence-electron chi connectivity index (χ2n) is 6.43. The number of hydrogen-bond donors (Lipinski definition) is 0. The monoisotopic (exact) mass is 394 g/mol. The average Bonchev–Trinajstić information content (AvgIpc) is 2.64. The van der Waals surface area contributed by atoms with Gasteiger partial charge in [0.25, 0.3) is 0 Å². The summed E-state index contributed by atoms with van der Waals surface area (Å²) < 4.78 is 32.3. The second kappa shape index (κ2) is 8.50. The quantitative estimate of drug-likeness (QED) is 0.755. The van der Waals surface area contributed by atoms with Gasteiger partial charge in [-0.2, -0.15) is 4.31 Å². The van der Waals surface area contributed by atoms with Gasteiger partial charge in [0.15, 0.2) is 0 Å². The molecule has 1 saturated heterocycles. The van der Waals surface area contributed by atoms with E-state index in [1.165, 1.54) is 4.31 Å². The summed E-state index contributed by atoms with van der Waals surface area (Å²) in [6.45, 7) is 3.02. The van der Waals surface area contributed by atoms with Crippen molar-refractivity contribution in [2.75, 3.05) is 33.4 Å². The molecular formula is C19H23ClN2O3S. The number of hydrogen-bond acceptors (Lipinski definition) is 4. The average molecular weight is 395 g/mol. The van der Waals surface area contributed by atoms with Crippen LogP contribution < -0.4 is 0 Å². The highest BCUT2D eigenvalue weighted by molar-refractivity contribution is 7.89. The highest BCUT2D eigenvalue weighted by Crippen LogP contribution is 2.21. The number of benzene rings is 2. The summed E-state index contributed by atoms with van der Waals surface area (Å²) in [5, 5.41) is 0.739. The molecule has 5 nitrogen and oxygen atoms in total. The van der Waals surface area contributed by atoms with Gasteiger partial charge in [-0.3, -0.25) is 4.90 Å². The molecule has 0 radical (unpaired) electrons. The molecule has 140 valence electrons. The van der Waals surface area contributed by atoms with E-state index in [0.717, 1.165) is 16.1 Å². The summed E-state index contributed by atoms with van der Waals surface area (Å²) in [5.41, 5.74) is 2.00. The second-order valence-corrected chi connectivity index (χ2v) is 8.77.